The van der Waals surface area contributed by atoms with Crippen LogP contribution in [0.25, 0.3) is 24.3 Å². The van der Waals surface area contributed by atoms with Crippen molar-refractivity contribution in [1.82, 2.24) is 0 Å². The Bertz CT molecular complexity index is 1030. The van der Waals surface area contributed by atoms with E-state index >= 15 is 0 Å². The molecule has 5 nitrogen and oxygen atoms in total. The fraction of sp³-hybridized carbons (Fsp3) is 0.185. The summed E-state index contributed by atoms with van der Waals surface area (Å²) >= 11 is 0. The molecule has 0 heterocycles. The van der Waals surface area contributed by atoms with Crippen molar-refractivity contribution in [3.8, 4) is 28.7 Å². The topological polar surface area (TPSA) is 46.2 Å². The highest BCUT2D eigenvalue weighted by molar-refractivity contribution is 5.76. The highest BCUT2D eigenvalue weighted by atomic mass is 16.5. The lowest BCUT2D eigenvalue weighted by Crippen LogP contribution is -1.90. The number of hydrogen-bond donors (Lipinski definition) is 0. The predicted octanol–water partition coefficient (Wildman–Crippen LogP) is 6.07. The molecule has 0 bridgehead atoms. The minimum Gasteiger partial charge on any atom is -0.497 e. The molecule has 32 heavy (non-hydrogen) atoms. The molecular formula is C27H28O5. The lowest BCUT2D eigenvalue weighted by Gasteiger charge is -2.08. The van der Waals surface area contributed by atoms with Gasteiger partial charge < -0.3 is 23.7 Å². The molecule has 3 aromatic carbocycles. The Hall–Kier alpha value is -3.86. The van der Waals surface area contributed by atoms with Crippen molar-refractivity contribution >= 4 is 24.3 Å². The van der Waals surface area contributed by atoms with Crippen LogP contribution in [0.3, 0.4) is 0 Å². The summed E-state index contributed by atoms with van der Waals surface area (Å²) in [4.78, 5) is 0. The van der Waals surface area contributed by atoms with E-state index in [1.54, 1.807) is 35.5 Å². The molecule has 0 saturated heterocycles. The predicted molar refractivity (Wildman–Crippen MR) is 130 cm³/mol. The number of rotatable bonds is 9. The first-order valence-electron chi connectivity index (χ1n) is 10.1. The zero-order valence-corrected chi connectivity index (χ0v) is 19.0. The summed E-state index contributed by atoms with van der Waals surface area (Å²) in [5, 5.41) is 0. The Kier molecular flexibility index (Phi) is 7.81. The maximum Gasteiger partial charge on any atom is 0.161 e. The van der Waals surface area contributed by atoms with Gasteiger partial charge in [0.2, 0.25) is 0 Å². The highest BCUT2D eigenvalue weighted by Gasteiger charge is 2.04. The minimum absolute atomic E-state index is 0.693. The number of benzene rings is 3. The van der Waals surface area contributed by atoms with Gasteiger partial charge in [-0.05, 0) is 64.7 Å². The van der Waals surface area contributed by atoms with E-state index in [1.807, 2.05) is 72.8 Å². The van der Waals surface area contributed by atoms with Crippen LogP contribution >= 0.6 is 0 Å². The monoisotopic (exact) mass is 432 g/mol. The molecule has 3 aromatic rings. The second-order valence-corrected chi connectivity index (χ2v) is 6.94. The third kappa shape index (κ3) is 5.64. The van der Waals surface area contributed by atoms with E-state index in [0.29, 0.717) is 23.0 Å². The first-order chi connectivity index (χ1) is 15.6. The third-order valence-corrected chi connectivity index (χ3v) is 4.94. The largest absolute Gasteiger partial charge is 0.497 e. The van der Waals surface area contributed by atoms with Gasteiger partial charge in [-0.15, -0.1) is 0 Å². The summed E-state index contributed by atoms with van der Waals surface area (Å²) in [6.07, 6.45) is 8.13. The lowest BCUT2D eigenvalue weighted by molar-refractivity contribution is 0.355. The van der Waals surface area contributed by atoms with E-state index < -0.39 is 0 Å². The van der Waals surface area contributed by atoms with Crippen LogP contribution in [0.4, 0.5) is 0 Å². The van der Waals surface area contributed by atoms with Crippen LogP contribution in [0.5, 0.6) is 28.7 Å². The normalized spacial score (nSPS) is 11.0. The van der Waals surface area contributed by atoms with Crippen molar-refractivity contribution in [3.05, 3.63) is 76.9 Å². The summed E-state index contributed by atoms with van der Waals surface area (Å²) < 4.78 is 26.9. The van der Waals surface area contributed by atoms with Crippen molar-refractivity contribution in [2.45, 2.75) is 0 Å². The molecular weight excluding hydrogens is 404 g/mol. The molecule has 3 rings (SSSR count). The second-order valence-electron chi connectivity index (χ2n) is 6.94. The van der Waals surface area contributed by atoms with Crippen LogP contribution < -0.4 is 23.7 Å². The molecule has 0 aliphatic carbocycles. The van der Waals surface area contributed by atoms with E-state index in [1.165, 1.54) is 0 Å². The van der Waals surface area contributed by atoms with Crippen molar-refractivity contribution in [1.29, 1.82) is 0 Å². The molecule has 0 aliphatic rings. The van der Waals surface area contributed by atoms with Crippen molar-refractivity contribution in [3.63, 3.8) is 0 Å². The van der Waals surface area contributed by atoms with Crippen LogP contribution in [0.2, 0.25) is 0 Å². The van der Waals surface area contributed by atoms with Crippen molar-refractivity contribution in [2.75, 3.05) is 35.5 Å². The molecule has 5 heteroatoms. The Morgan fingerprint density at radius 3 is 1.19 bits per heavy atom. The summed E-state index contributed by atoms with van der Waals surface area (Å²) in [7, 11) is 8.18. The summed E-state index contributed by atoms with van der Waals surface area (Å²) in [5.74, 6) is 3.58. The molecule has 0 aromatic heterocycles. The summed E-state index contributed by atoms with van der Waals surface area (Å²) in [5.41, 5.74) is 4.05. The molecule has 166 valence electrons. The zero-order chi connectivity index (χ0) is 22.9. The number of ether oxygens (including phenoxy) is 5. The van der Waals surface area contributed by atoms with Crippen LogP contribution in [0.15, 0.2) is 54.6 Å². The van der Waals surface area contributed by atoms with Gasteiger partial charge in [0.25, 0.3) is 0 Å². The van der Waals surface area contributed by atoms with Gasteiger partial charge in [0, 0.05) is 0 Å². The summed E-state index contributed by atoms with van der Waals surface area (Å²) in [6.45, 7) is 0. The van der Waals surface area contributed by atoms with E-state index in [2.05, 4.69) is 6.07 Å². The van der Waals surface area contributed by atoms with E-state index in [4.69, 9.17) is 23.7 Å². The maximum atomic E-state index is 5.49. The van der Waals surface area contributed by atoms with Crippen LogP contribution in [0, 0.1) is 0 Å². The van der Waals surface area contributed by atoms with Crippen molar-refractivity contribution in [2.24, 2.45) is 0 Å². The van der Waals surface area contributed by atoms with E-state index in [9.17, 15) is 0 Å². The highest BCUT2D eigenvalue weighted by Crippen LogP contribution is 2.30. The van der Waals surface area contributed by atoms with Gasteiger partial charge >= 0.3 is 0 Å². The molecule has 0 N–H and O–H groups in total. The molecule has 0 unspecified atom stereocenters. The Labute approximate surface area is 189 Å². The SMILES string of the molecule is COc1cc(/C=C/c2ccc(OC)c(OC)c2)cc(/C=C/c2ccc(OC)c(OC)c2)c1. The minimum atomic E-state index is 0.693. The molecule has 0 fully saturated rings. The fourth-order valence-corrected chi connectivity index (χ4v) is 3.25. The molecule has 0 saturated carbocycles. The standard InChI is InChI=1S/C27H28O5/c1-28-23-15-21(8-6-19-10-12-24(29-2)26(17-19)31-4)14-22(16-23)9-7-20-11-13-25(30-3)27(18-20)32-5/h6-18H,1-5H3/b8-6+,9-7+. The molecule has 0 amide bonds. The van der Waals surface area contributed by atoms with Gasteiger partial charge in [-0.3, -0.25) is 0 Å². The van der Waals surface area contributed by atoms with Gasteiger partial charge in [0.15, 0.2) is 23.0 Å². The van der Waals surface area contributed by atoms with Crippen molar-refractivity contribution < 1.29 is 23.7 Å². The Morgan fingerprint density at radius 2 is 0.812 bits per heavy atom. The number of methoxy groups -OCH3 is 5. The van der Waals surface area contributed by atoms with Gasteiger partial charge in [-0.1, -0.05) is 36.4 Å². The second kappa shape index (κ2) is 11.0. The van der Waals surface area contributed by atoms with Gasteiger partial charge in [0.1, 0.15) is 5.75 Å². The first kappa shape index (κ1) is 22.8. The molecule has 0 atom stereocenters. The quantitative estimate of drug-likeness (QED) is 0.384. The van der Waals surface area contributed by atoms with Crippen LogP contribution in [-0.2, 0) is 0 Å². The van der Waals surface area contributed by atoms with Gasteiger partial charge in [0.05, 0.1) is 35.5 Å². The van der Waals surface area contributed by atoms with E-state index in [0.717, 1.165) is 28.0 Å². The Balaban J connectivity index is 1.86. The average Bonchev–Trinajstić information content (AvgIpc) is 2.85. The fourth-order valence-electron chi connectivity index (χ4n) is 3.25. The smallest absolute Gasteiger partial charge is 0.161 e. The van der Waals surface area contributed by atoms with Crippen LogP contribution in [-0.4, -0.2) is 35.5 Å². The third-order valence-electron chi connectivity index (χ3n) is 4.94. The molecule has 0 aliphatic heterocycles. The van der Waals surface area contributed by atoms with Crippen LogP contribution in [0.1, 0.15) is 22.3 Å². The summed E-state index contributed by atoms with van der Waals surface area (Å²) in [6, 6.07) is 17.7. The van der Waals surface area contributed by atoms with Gasteiger partial charge in [-0.2, -0.15) is 0 Å². The lowest BCUT2D eigenvalue weighted by atomic mass is 10.1. The molecule has 0 spiro atoms. The van der Waals surface area contributed by atoms with E-state index in [-0.39, 0.29) is 0 Å². The average molecular weight is 433 g/mol. The Morgan fingerprint density at radius 1 is 0.406 bits per heavy atom. The molecule has 0 radical (unpaired) electrons. The maximum absolute atomic E-state index is 5.49. The number of hydrogen-bond acceptors (Lipinski definition) is 5. The zero-order valence-electron chi connectivity index (χ0n) is 19.0. The first-order valence-corrected chi connectivity index (χ1v) is 10.1. The van der Waals surface area contributed by atoms with Gasteiger partial charge in [-0.25, -0.2) is 0 Å².